The van der Waals surface area contributed by atoms with Gasteiger partial charge >= 0.3 is 0 Å². The van der Waals surface area contributed by atoms with Gasteiger partial charge in [0, 0.05) is 12.4 Å². The molecule has 0 fully saturated rings. The molecule has 2 heterocycles. The number of allylic oxidation sites excluding steroid dienone is 1. The Balaban J connectivity index is 2.10. The number of pyridine rings is 1. The third-order valence-electron chi connectivity index (χ3n) is 3.22. The van der Waals surface area contributed by atoms with Crippen molar-refractivity contribution in [3.05, 3.63) is 47.0 Å². The van der Waals surface area contributed by atoms with E-state index in [1.807, 2.05) is 6.92 Å². The monoisotopic (exact) mass is 300 g/mol. The van der Waals surface area contributed by atoms with E-state index < -0.39 is 0 Å². The number of rotatable bonds is 7. The first-order valence-electron chi connectivity index (χ1n) is 7.30. The van der Waals surface area contributed by atoms with Crippen molar-refractivity contribution < 1.29 is 4.84 Å². The van der Waals surface area contributed by atoms with Crippen LogP contribution in [0.2, 0.25) is 0 Å². The molecule has 0 saturated carbocycles. The molecule has 2 aromatic heterocycles. The van der Waals surface area contributed by atoms with Crippen LogP contribution in [0, 0.1) is 6.92 Å². The Kier molecular flexibility index (Phi) is 5.41. The third kappa shape index (κ3) is 3.78. The molecule has 0 aromatic carbocycles. The van der Waals surface area contributed by atoms with Gasteiger partial charge in [-0.15, -0.1) is 0 Å². The maximum Gasteiger partial charge on any atom is 0.261 e. The van der Waals surface area contributed by atoms with E-state index in [-0.39, 0.29) is 12.1 Å². The van der Waals surface area contributed by atoms with Gasteiger partial charge in [-0.1, -0.05) is 25.1 Å². The predicted molar refractivity (Wildman–Crippen MR) is 86.8 cm³/mol. The number of oxime groups is 1. The van der Waals surface area contributed by atoms with Gasteiger partial charge < -0.3 is 4.84 Å². The molecular weight excluding hydrogens is 280 g/mol. The second kappa shape index (κ2) is 7.49. The zero-order valence-corrected chi connectivity index (χ0v) is 13.0. The van der Waals surface area contributed by atoms with Crippen molar-refractivity contribution in [2.75, 3.05) is 0 Å². The fourth-order valence-electron chi connectivity index (χ4n) is 2.05. The van der Waals surface area contributed by atoms with Gasteiger partial charge in [-0.25, -0.2) is 4.98 Å². The summed E-state index contributed by atoms with van der Waals surface area (Å²) < 4.78 is 1.46. The quantitative estimate of drug-likeness (QED) is 0.341. The summed E-state index contributed by atoms with van der Waals surface area (Å²) in [6, 6.07) is 0. The lowest BCUT2D eigenvalue weighted by Crippen LogP contribution is -2.22. The summed E-state index contributed by atoms with van der Waals surface area (Å²) in [6.45, 7) is 7.95. The number of hydrogen-bond acceptors (Lipinski definition) is 5. The Morgan fingerprint density at radius 3 is 3.09 bits per heavy atom. The maximum atomic E-state index is 12.5. The summed E-state index contributed by atoms with van der Waals surface area (Å²) >= 11 is 0. The van der Waals surface area contributed by atoms with Crippen molar-refractivity contribution in [3.8, 4) is 0 Å². The standard InChI is InChI=1S/C16H20N4O2/c1-4-5-6-7-19-22-13(3)10-20-11-18-14-9-17-8-12(2)15(14)16(20)21/h7-9,11H,3-6,10H2,1-2H3/b19-7-. The Morgan fingerprint density at radius 2 is 2.32 bits per heavy atom. The average molecular weight is 300 g/mol. The van der Waals surface area contributed by atoms with Crippen molar-refractivity contribution >= 4 is 17.1 Å². The largest absolute Gasteiger partial charge is 0.361 e. The van der Waals surface area contributed by atoms with E-state index in [1.54, 1.807) is 18.6 Å². The minimum absolute atomic E-state index is 0.135. The lowest BCUT2D eigenvalue weighted by molar-refractivity contribution is 0.213. The molecule has 0 bridgehead atoms. The van der Waals surface area contributed by atoms with Crippen LogP contribution in [-0.2, 0) is 11.4 Å². The molecule has 0 aliphatic rings. The molecule has 22 heavy (non-hydrogen) atoms. The molecule has 0 saturated heterocycles. The molecule has 0 aliphatic heterocycles. The van der Waals surface area contributed by atoms with E-state index in [0.29, 0.717) is 16.7 Å². The van der Waals surface area contributed by atoms with Crippen molar-refractivity contribution in [2.24, 2.45) is 5.16 Å². The molecular formula is C16H20N4O2. The van der Waals surface area contributed by atoms with Gasteiger partial charge in [0.15, 0.2) is 0 Å². The first-order valence-corrected chi connectivity index (χ1v) is 7.30. The van der Waals surface area contributed by atoms with Gasteiger partial charge in [0.25, 0.3) is 5.56 Å². The van der Waals surface area contributed by atoms with E-state index in [4.69, 9.17) is 4.84 Å². The molecule has 2 rings (SSSR count). The summed E-state index contributed by atoms with van der Waals surface area (Å²) in [4.78, 5) is 25.9. The molecule has 0 radical (unpaired) electrons. The van der Waals surface area contributed by atoms with Gasteiger partial charge in [-0.2, -0.15) is 0 Å². The normalized spacial score (nSPS) is 11.2. The fraction of sp³-hybridized carbons (Fsp3) is 0.375. The lowest BCUT2D eigenvalue weighted by atomic mass is 10.2. The average Bonchev–Trinajstić information content (AvgIpc) is 2.50. The van der Waals surface area contributed by atoms with Gasteiger partial charge in [0.2, 0.25) is 0 Å². The highest BCUT2D eigenvalue weighted by Crippen LogP contribution is 2.09. The van der Waals surface area contributed by atoms with Crippen molar-refractivity contribution in [2.45, 2.75) is 39.7 Å². The van der Waals surface area contributed by atoms with Crippen molar-refractivity contribution in [1.82, 2.24) is 14.5 Å². The number of aryl methyl sites for hydroxylation is 1. The molecule has 6 nitrogen and oxygen atoms in total. The molecule has 6 heteroatoms. The minimum atomic E-state index is -0.135. The molecule has 0 amide bonds. The predicted octanol–water partition coefficient (Wildman–Crippen LogP) is 2.81. The van der Waals surface area contributed by atoms with Crippen LogP contribution in [0.15, 0.2) is 41.0 Å². The summed E-state index contributed by atoms with van der Waals surface area (Å²) in [5.41, 5.74) is 1.25. The van der Waals surface area contributed by atoms with Crippen LogP contribution >= 0.6 is 0 Å². The Labute approximate surface area is 129 Å². The lowest BCUT2D eigenvalue weighted by Gasteiger charge is -2.08. The van der Waals surface area contributed by atoms with E-state index in [0.717, 1.165) is 24.8 Å². The van der Waals surface area contributed by atoms with Crippen LogP contribution in [0.1, 0.15) is 31.7 Å². The van der Waals surface area contributed by atoms with Crippen LogP contribution in [0.25, 0.3) is 10.9 Å². The van der Waals surface area contributed by atoms with Gasteiger partial charge in [-0.05, 0) is 25.3 Å². The topological polar surface area (TPSA) is 69.4 Å². The minimum Gasteiger partial charge on any atom is -0.361 e. The molecule has 0 aliphatic carbocycles. The zero-order chi connectivity index (χ0) is 15.9. The molecule has 0 unspecified atom stereocenters. The fourth-order valence-corrected chi connectivity index (χ4v) is 2.05. The summed E-state index contributed by atoms with van der Waals surface area (Å²) in [6.07, 6.45) is 9.47. The number of fused-ring (bicyclic) bond motifs is 1. The Morgan fingerprint density at radius 1 is 1.50 bits per heavy atom. The van der Waals surface area contributed by atoms with Gasteiger partial charge in [0.05, 0.1) is 30.0 Å². The third-order valence-corrected chi connectivity index (χ3v) is 3.22. The second-order valence-electron chi connectivity index (χ2n) is 5.09. The van der Waals surface area contributed by atoms with Crippen molar-refractivity contribution in [3.63, 3.8) is 0 Å². The number of unbranched alkanes of at least 4 members (excludes halogenated alkanes) is 2. The summed E-state index contributed by atoms with van der Waals surface area (Å²) in [5, 5.41) is 4.41. The highest BCUT2D eigenvalue weighted by Gasteiger charge is 2.08. The summed E-state index contributed by atoms with van der Waals surface area (Å²) in [7, 11) is 0. The first-order chi connectivity index (χ1) is 10.6. The second-order valence-corrected chi connectivity index (χ2v) is 5.09. The molecule has 0 spiro atoms. The molecule has 116 valence electrons. The van der Waals surface area contributed by atoms with Gasteiger partial charge in [0.1, 0.15) is 5.76 Å². The van der Waals surface area contributed by atoms with E-state index in [9.17, 15) is 4.79 Å². The number of aromatic nitrogens is 3. The van der Waals surface area contributed by atoms with Gasteiger partial charge in [-0.3, -0.25) is 14.3 Å². The van der Waals surface area contributed by atoms with E-state index in [1.165, 1.54) is 10.9 Å². The van der Waals surface area contributed by atoms with Crippen LogP contribution < -0.4 is 5.56 Å². The van der Waals surface area contributed by atoms with Crippen LogP contribution in [0.3, 0.4) is 0 Å². The smallest absolute Gasteiger partial charge is 0.261 e. The first kappa shape index (κ1) is 15.9. The number of nitrogens with zero attached hydrogens (tertiary/aromatic N) is 4. The van der Waals surface area contributed by atoms with Crippen molar-refractivity contribution in [1.29, 1.82) is 0 Å². The Bertz CT molecular complexity index is 749. The maximum absolute atomic E-state index is 12.5. The Hall–Kier alpha value is -2.50. The summed E-state index contributed by atoms with van der Waals surface area (Å²) in [5.74, 6) is 0.391. The highest BCUT2D eigenvalue weighted by molar-refractivity contribution is 5.79. The van der Waals surface area contributed by atoms with Crippen LogP contribution in [0.4, 0.5) is 0 Å². The van der Waals surface area contributed by atoms with Crippen LogP contribution in [0.5, 0.6) is 0 Å². The van der Waals surface area contributed by atoms with Crippen LogP contribution in [-0.4, -0.2) is 20.7 Å². The number of hydrogen-bond donors (Lipinski definition) is 0. The SMILES string of the molecule is C=C(Cn1cnc2cncc(C)c2c1=O)O/N=C\CCCC. The highest BCUT2D eigenvalue weighted by atomic mass is 16.6. The molecule has 2 aromatic rings. The van der Waals surface area contributed by atoms with E-state index in [2.05, 4.69) is 28.6 Å². The molecule has 0 N–H and O–H groups in total. The molecule has 0 atom stereocenters. The zero-order valence-electron chi connectivity index (χ0n) is 13.0. The van der Waals surface area contributed by atoms with E-state index >= 15 is 0 Å².